The van der Waals surface area contributed by atoms with Crippen molar-refractivity contribution >= 4 is 39.8 Å². The van der Waals surface area contributed by atoms with Gasteiger partial charge in [0, 0.05) is 21.7 Å². The van der Waals surface area contributed by atoms with Gasteiger partial charge in [0.25, 0.3) is 5.24 Å². The van der Waals surface area contributed by atoms with Crippen molar-refractivity contribution in [2.45, 2.75) is 0 Å². The molecule has 0 spiro atoms. The summed E-state index contributed by atoms with van der Waals surface area (Å²) in [6.45, 7) is 3.77. The second-order valence-electron chi connectivity index (χ2n) is 4.13. The third-order valence-electron chi connectivity index (χ3n) is 2.84. The molecule has 0 N–H and O–H groups in total. The van der Waals surface area contributed by atoms with Crippen molar-refractivity contribution in [3.05, 3.63) is 76.8 Å². The lowest BCUT2D eigenvalue weighted by Crippen LogP contribution is -2.05. The van der Waals surface area contributed by atoms with Crippen molar-refractivity contribution in [1.29, 1.82) is 0 Å². The number of Topliss-reactive ketones (excluding diaryl/α,β-unsaturated/α-hetero) is 1. The average molecular weight is 305 g/mol. The third kappa shape index (κ3) is 2.98. The van der Waals surface area contributed by atoms with Crippen molar-refractivity contribution in [2.24, 2.45) is 0 Å². The maximum absolute atomic E-state index is 12.3. The number of hydrogen-bond acceptors (Lipinski definition) is 2. The zero-order valence-corrected chi connectivity index (χ0v) is 11.9. The van der Waals surface area contributed by atoms with Gasteiger partial charge in [-0.1, -0.05) is 36.4 Å². The van der Waals surface area contributed by atoms with Crippen molar-refractivity contribution in [2.75, 3.05) is 0 Å². The molecule has 0 saturated heterocycles. The number of rotatable bonds is 4. The Morgan fingerprint density at radius 2 is 1.45 bits per heavy atom. The Balaban J connectivity index is 2.39. The fraction of sp³-hybridized carbons (Fsp3) is 0. The van der Waals surface area contributed by atoms with Gasteiger partial charge in [0.2, 0.25) is 0 Å². The highest BCUT2D eigenvalue weighted by atomic mass is 35.5. The van der Waals surface area contributed by atoms with Gasteiger partial charge in [0.15, 0.2) is 5.78 Å². The number of halogens is 2. The molecule has 100 valence electrons. The SMILES string of the molecule is C=C(C(=O)c1ccc(Cl)cc1)c1ccccc1C(=O)Cl. The number of carbonyl (C=O) groups is 2. The molecule has 0 aliphatic rings. The highest BCUT2D eigenvalue weighted by Gasteiger charge is 2.17. The summed E-state index contributed by atoms with van der Waals surface area (Å²) in [5.74, 6) is -0.271. The Kier molecular flexibility index (Phi) is 4.38. The molecule has 0 aliphatic carbocycles. The fourth-order valence-corrected chi connectivity index (χ4v) is 2.11. The second kappa shape index (κ2) is 6.04. The molecule has 4 heteroatoms. The molecule has 0 fully saturated rings. The summed E-state index contributed by atoms with van der Waals surface area (Å²) < 4.78 is 0. The van der Waals surface area contributed by atoms with E-state index in [-0.39, 0.29) is 16.9 Å². The van der Waals surface area contributed by atoms with Gasteiger partial charge in [-0.3, -0.25) is 9.59 Å². The lowest BCUT2D eigenvalue weighted by atomic mass is 9.95. The Morgan fingerprint density at radius 1 is 0.900 bits per heavy atom. The number of hydrogen-bond donors (Lipinski definition) is 0. The van der Waals surface area contributed by atoms with Crippen LogP contribution in [0.15, 0.2) is 55.1 Å². The van der Waals surface area contributed by atoms with Crippen LogP contribution >= 0.6 is 23.2 Å². The van der Waals surface area contributed by atoms with Crippen molar-refractivity contribution in [3.63, 3.8) is 0 Å². The number of ketones is 1. The van der Waals surface area contributed by atoms with E-state index in [4.69, 9.17) is 23.2 Å². The van der Waals surface area contributed by atoms with Crippen LogP contribution in [0.3, 0.4) is 0 Å². The average Bonchev–Trinajstić information content (AvgIpc) is 2.46. The zero-order chi connectivity index (χ0) is 14.7. The van der Waals surface area contributed by atoms with E-state index in [2.05, 4.69) is 6.58 Å². The van der Waals surface area contributed by atoms with Crippen LogP contribution in [0.2, 0.25) is 5.02 Å². The molecule has 0 heterocycles. The second-order valence-corrected chi connectivity index (χ2v) is 4.91. The normalized spacial score (nSPS) is 10.1. The molecule has 0 bridgehead atoms. The summed E-state index contributed by atoms with van der Waals surface area (Å²) in [6, 6.07) is 13.1. The number of allylic oxidation sites excluding steroid dienone is 1. The Morgan fingerprint density at radius 3 is 2.00 bits per heavy atom. The van der Waals surface area contributed by atoms with Crippen molar-refractivity contribution < 1.29 is 9.59 Å². The Bertz CT molecular complexity index is 688. The van der Waals surface area contributed by atoms with Crippen LogP contribution in [0.4, 0.5) is 0 Å². The van der Waals surface area contributed by atoms with Crippen LogP contribution in [0.25, 0.3) is 5.57 Å². The van der Waals surface area contributed by atoms with E-state index in [0.29, 0.717) is 16.1 Å². The van der Waals surface area contributed by atoms with Crippen LogP contribution < -0.4 is 0 Å². The molecule has 2 nitrogen and oxygen atoms in total. The molecule has 2 aromatic rings. The van der Waals surface area contributed by atoms with Gasteiger partial charge in [0.1, 0.15) is 0 Å². The molecule has 0 aliphatic heterocycles. The van der Waals surface area contributed by atoms with Gasteiger partial charge in [0.05, 0.1) is 0 Å². The van der Waals surface area contributed by atoms with Crippen molar-refractivity contribution in [1.82, 2.24) is 0 Å². The summed E-state index contributed by atoms with van der Waals surface area (Å²) >= 11 is 11.3. The number of carbonyl (C=O) groups excluding carboxylic acids is 2. The van der Waals surface area contributed by atoms with Gasteiger partial charge in [-0.05, 0) is 47.5 Å². The Labute approximate surface area is 126 Å². The molecule has 2 rings (SSSR count). The fourth-order valence-electron chi connectivity index (χ4n) is 1.82. The molecule has 0 radical (unpaired) electrons. The van der Waals surface area contributed by atoms with E-state index >= 15 is 0 Å². The highest BCUT2D eigenvalue weighted by molar-refractivity contribution is 6.68. The monoisotopic (exact) mass is 304 g/mol. The van der Waals surface area contributed by atoms with Gasteiger partial charge in [-0.25, -0.2) is 0 Å². The first-order valence-corrected chi connectivity index (χ1v) is 6.54. The minimum absolute atomic E-state index is 0.219. The van der Waals surface area contributed by atoms with Crippen LogP contribution in [-0.4, -0.2) is 11.0 Å². The van der Waals surface area contributed by atoms with E-state index in [0.717, 1.165) is 0 Å². The molecule has 0 atom stereocenters. The van der Waals surface area contributed by atoms with E-state index in [1.165, 1.54) is 0 Å². The summed E-state index contributed by atoms with van der Waals surface area (Å²) in [4.78, 5) is 23.7. The first-order valence-electron chi connectivity index (χ1n) is 5.79. The first kappa shape index (κ1) is 14.5. The predicted molar refractivity (Wildman–Crippen MR) is 81.4 cm³/mol. The lowest BCUT2D eigenvalue weighted by Gasteiger charge is -2.08. The molecule has 0 amide bonds. The molecular formula is C16H10Cl2O2. The molecule has 20 heavy (non-hydrogen) atoms. The highest BCUT2D eigenvalue weighted by Crippen LogP contribution is 2.23. The molecule has 0 aromatic heterocycles. The number of benzene rings is 2. The topological polar surface area (TPSA) is 34.1 Å². The van der Waals surface area contributed by atoms with Crippen LogP contribution in [0.5, 0.6) is 0 Å². The summed E-state index contributed by atoms with van der Waals surface area (Å²) in [5.41, 5.74) is 1.38. The zero-order valence-electron chi connectivity index (χ0n) is 10.4. The predicted octanol–water partition coefficient (Wildman–Crippen LogP) is 4.62. The molecular weight excluding hydrogens is 295 g/mol. The maximum atomic E-state index is 12.3. The summed E-state index contributed by atoms with van der Waals surface area (Å²) in [5, 5.41) is -0.0749. The smallest absolute Gasteiger partial charge is 0.253 e. The van der Waals surface area contributed by atoms with E-state index in [9.17, 15) is 9.59 Å². The summed E-state index contributed by atoms with van der Waals surface area (Å²) in [7, 11) is 0. The quantitative estimate of drug-likeness (QED) is 0.469. The van der Waals surface area contributed by atoms with Crippen LogP contribution in [-0.2, 0) is 0 Å². The Hall–Kier alpha value is -1.90. The largest absolute Gasteiger partial charge is 0.289 e. The standard InChI is InChI=1S/C16H10Cl2O2/c1-10(13-4-2-3-5-14(13)16(18)20)15(19)11-6-8-12(17)9-7-11/h2-9H,1H2. The lowest BCUT2D eigenvalue weighted by molar-refractivity contribution is 0.105. The van der Waals surface area contributed by atoms with Crippen molar-refractivity contribution in [3.8, 4) is 0 Å². The van der Waals surface area contributed by atoms with Gasteiger partial charge >= 0.3 is 0 Å². The van der Waals surface area contributed by atoms with Gasteiger partial charge in [-0.2, -0.15) is 0 Å². The van der Waals surface area contributed by atoms with E-state index < -0.39 is 5.24 Å². The molecule has 0 unspecified atom stereocenters. The molecule has 2 aromatic carbocycles. The summed E-state index contributed by atoms with van der Waals surface area (Å²) in [6.07, 6.45) is 0. The first-order chi connectivity index (χ1) is 9.50. The van der Waals surface area contributed by atoms with Crippen LogP contribution in [0.1, 0.15) is 26.3 Å². The molecule has 0 saturated carbocycles. The van der Waals surface area contributed by atoms with Gasteiger partial charge in [-0.15, -0.1) is 0 Å². The van der Waals surface area contributed by atoms with E-state index in [1.807, 2.05) is 0 Å². The minimum Gasteiger partial charge on any atom is -0.289 e. The maximum Gasteiger partial charge on any atom is 0.253 e. The van der Waals surface area contributed by atoms with E-state index in [1.54, 1.807) is 48.5 Å². The van der Waals surface area contributed by atoms with Gasteiger partial charge < -0.3 is 0 Å². The minimum atomic E-state index is -0.620. The van der Waals surface area contributed by atoms with Crippen LogP contribution in [0, 0.1) is 0 Å². The third-order valence-corrected chi connectivity index (χ3v) is 3.30.